The zero-order valence-electron chi connectivity index (χ0n) is 29.9. The highest BCUT2D eigenvalue weighted by Crippen LogP contribution is 2.44. The van der Waals surface area contributed by atoms with Crippen LogP contribution in [0.15, 0.2) is 84.9 Å². The molecule has 0 saturated heterocycles. The van der Waals surface area contributed by atoms with Gasteiger partial charge in [-0.2, -0.15) is 0 Å². The number of ether oxygens (including phenoxy) is 2. The first kappa shape index (κ1) is 41.0. The van der Waals surface area contributed by atoms with E-state index in [0.717, 1.165) is 23.3 Å². The minimum Gasteiger partial charge on any atom is -0.496 e. The molecule has 6 nitrogen and oxygen atoms in total. The zero-order chi connectivity index (χ0) is 39.3. The normalized spacial score (nSPS) is 13.3. The molecule has 1 heterocycles. The van der Waals surface area contributed by atoms with E-state index in [1.54, 1.807) is 67.8 Å². The molecule has 0 unspecified atom stereocenters. The lowest BCUT2D eigenvalue weighted by Gasteiger charge is -2.21. The molecule has 12 heteroatoms. The smallest absolute Gasteiger partial charge is 0.261 e. The average molecular weight is 816 g/mol. The standard InChI is InChI=1S/C24H18Cl2FNO4.C18H19Cl2FO/c1-32-22-13(9-14(27)11-18(22)21-19(25)7-4-8-20(21)26)10-15(29)12-28-23(30)16-5-2-3-6-17(16)24(28)31;1-4-11(2)8-12-9-13(21)10-14(18(12)22-3)17-15(19)6-5-7-16(17)20/h2-9,11,15,29H,10,12H2,1H3;5-7,9-11H,4,8H2,1-3H3/t15-;11-/m01/s1. The maximum atomic E-state index is 14.5. The van der Waals surface area contributed by atoms with Gasteiger partial charge in [-0.25, -0.2) is 8.78 Å². The third-order valence-electron chi connectivity index (χ3n) is 9.13. The molecule has 6 rings (SSSR count). The molecule has 2 amide bonds. The summed E-state index contributed by atoms with van der Waals surface area (Å²) >= 11 is 25.1. The number of β-amino-alcohol motifs (C(OH)–C–C–N with tert-alkyl or cyclic N) is 1. The van der Waals surface area contributed by atoms with Gasteiger partial charge in [0, 0.05) is 34.2 Å². The van der Waals surface area contributed by atoms with Crippen molar-refractivity contribution in [1.29, 1.82) is 0 Å². The van der Waals surface area contributed by atoms with E-state index < -0.39 is 23.7 Å². The molecule has 1 N–H and O–H groups in total. The van der Waals surface area contributed by atoms with Gasteiger partial charge in [-0.05, 0) is 78.6 Å². The number of fused-ring (bicyclic) bond motifs is 1. The van der Waals surface area contributed by atoms with Crippen LogP contribution in [-0.4, -0.2) is 48.7 Å². The van der Waals surface area contributed by atoms with Crippen molar-refractivity contribution in [3.63, 3.8) is 0 Å². The number of halogens is 6. The fourth-order valence-electron chi connectivity index (χ4n) is 6.42. The summed E-state index contributed by atoms with van der Waals surface area (Å²) in [4.78, 5) is 26.1. The summed E-state index contributed by atoms with van der Waals surface area (Å²) in [7, 11) is 3.00. The predicted octanol–water partition coefficient (Wildman–Crippen LogP) is 11.4. The van der Waals surface area contributed by atoms with E-state index in [2.05, 4.69) is 13.8 Å². The van der Waals surface area contributed by atoms with Crippen molar-refractivity contribution in [1.82, 2.24) is 4.90 Å². The SMILES string of the molecule is CC[C@@H](C)Cc1cc(F)cc(-c2c(Cl)cccc2Cl)c1OC.COc1c(C[C@H](O)CN2C(=O)c3ccccc3C2=O)cc(F)cc1-c1c(Cl)cccc1Cl. The number of hydrogen-bond acceptors (Lipinski definition) is 5. The number of carbonyl (C=O) groups is 2. The second kappa shape index (κ2) is 18.0. The summed E-state index contributed by atoms with van der Waals surface area (Å²) in [5, 5.41) is 12.3. The highest BCUT2D eigenvalue weighted by Gasteiger charge is 2.36. The molecule has 282 valence electrons. The predicted molar refractivity (Wildman–Crippen MR) is 211 cm³/mol. The zero-order valence-corrected chi connectivity index (χ0v) is 32.9. The van der Waals surface area contributed by atoms with Crippen LogP contribution in [0.25, 0.3) is 22.3 Å². The van der Waals surface area contributed by atoms with Crippen molar-refractivity contribution in [3.05, 3.63) is 139 Å². The van der Waals surface area contributed by atoms with Crippen molar-refractivity contribution in [3.8, 4) is 33.8 Å². The fourth-order valence-corrected chi connectivity index (χ4v) is 7.62. The quantitative estimate of drug-likeness (QED) is 0.134. The molecule has 5 aromatic carbocycles. The van der Waals surface area contributed by atoms with Crippen molar-refractivity contribution in [2.75, 3.05) is 20.8 Å². The van der Waals surface area contributed by atoms with Crippen LogP contribution in [0.3, 0.4) is 0 Å². The highest BCUT2D eigenvalue weighted by molar-refractivity contribution is 6.40. The third kappa shape index (κ3) is 8.85. The van der Waals surface area contributed by atoms with Crippen LogP contribution in [0, 0.1) is 17.6 Å². The fraction of sp³-hybridized carbons (Fsp3) is 0.238. The lowest BCUT2D eigenvalue weighted by Crippen LogP contribution is -2.37. The Hall–Kier alpha value is -4.18. The van der Waals surface area contributed by atoms with Crippen LogP contribution >= 0.6 is 46.4 Å². The van der Waals surface area contributed by atoms with Crippen LogP contribution in [0.4, 0.5) is 8.78 Å². The monoisotopic (exact) mass is 813 g/mol. The number of carbonyl (C=O) groups excluding carboxylic acids is 2. The first-order chi connectivity index (χ1) is 25.8. The van der Waals surface area contributed by atoms with E-state index in [1.165, 1.54) is 31.4 Å². The molecular weight excluding hydrogens is 778 g/mol. The van der Waals surface area contributed by atoms with Crippen LogP contribution in [-0.2, 0) is 12.8 Å². The Morgan fingerprint density at radius 2 is 1.06 bits per heavy atom. The van der Waals surface area contributed by atoms with Gasteiger partial charge in [0.2, 0.25) is 0 Å². The van der Waals surface area contributed by atoms with E-state index in [4.69, 9.17) is 55.9 Å². The summed E-state index contributed by atoms with van der Waals surface area (Å²) < 4.78 is 39.7. The molecule has 0 aliphatic carbocycles. The third-order valence-corrected chi connectivity index (χ3v) is 10.4. The molecule has 2 atom stereocenters. The second-order valence-corrected chi connectivity index (χ2v) is 14.5. The first-order valence-corrected chi connectivity index (χ1v) is 18.5. The van der Waals surface area contributed by atoms with Gasteiger partial charge in [0.1, 0.15) is 23.1 Å². The number of methoxy groups -OCH3 is 2. The van der Waals surface area contributed by atoms with E-state index in [-0.39, 0.29) is 18.8 Å². The molecular formula is C42H37Cl4F2NO5. The molecule has 54 heavy (non-hydrogen) atoms. The summed E-state index contributed by atoms with van der Waals surface area (Å²) in [5.41, 5.74) is 3.72. The van der Waals surface area contributed by atoms with Crippen LogP contribution < -0.4 is 9.47 Å². The Morgan fingerprint density at radius 1 is 0.648 bits per heavy atom. The van der Waals surface area contributed by atoms with Gasteiger partial charge in [-0.15, -0.1) is 0 Å². The largest absolute Gasteiger partial charge is 0.496 e. The number of aliphatic hydroxyl groups is 1. The second-order valence-electron chi connectivity index (χ2n) is 12.8. The Kier molecular flexibility index (Phi) is 13.6. The summed E-state index contributed by atoms with van der Waals surface area (Å²) in [6.07, 6.45) is 0.542. The minimum absolute atomic E-state index is 0.0661. The van der Waals surface area contributed by atoms with Crippen LogP contribution in [0.5, 0.6) is 11.5 Å². The minimum atomic E-state index is -1.15. The number of imide groups is 1. The lowest BCUT2D eigenvalue weighted by atomic mass is 9.94. The number of amides is 2. The molecule has 0 spiro atoms. The van der Waals surface area contributed by atoms with Crippen molar-refractivity contribution >= 4 is 58.2 Å². The molecule has 1 aliphatic heterocycles. The Balaban J connectivity index is 0.000000223. The van der Waals surface area contributed by atoms with Gasteiger partial charge < -0.3 is 14.6 Å². The molecule has 1 aliphatic rings. The van der Waals surface area contributed by atoms with Crippen molar-refractivity contribution in [2.45, 2.75) is 39.2 Å². The van der Waals surface area contributed by atoms with E-state index >= 15 is 0 Å². The topological polar surface area (TPSA) is 76.1 Å². The van der Waals surface area contributed by atoms with Gasteiger partial charge in [0.15, 0.2) is 0 Å². The van der Waals surface area contributed by atoms with Crippen LogP contribution in [0.2, 0.25) is 20.1 Å². The highest BCUT2D eigenvalue weighted by atomic mass is 35.5. The summed E-state index contributed by atoms with van der Waals surface area (Å²) in [6, 6.07) is 22.1. The number of hydrogen-bond donors (Lipinski definition) is 1. The molecule has 0 saturated carbocycles. The lowest BCUT2D eigenvalue weighted by molar-refractivity contribution is 0.0543. The van der Waals surface area contributed by atoms with Gasteiger partial charge in [-0.1, -0.05) is 90.9 Å². The van der Waals surface area contributed by atoms with Gasteiger partial charge in [0.25, 0.3) is 11.8 Å². The Bertz CT molecular complexity index is 2120. The Morgan fingerprint density at radius 3 is 1.44 bits per heavy atom. The van der Waals surface area contributed by atoms with Gasteiger partial charge >= 0.3 is 0 Å². The summed E-state index contributed by atoms with van der Waals surface area (Å²) in [5.74, 6) is -0.464. The molecule has 0 fully saturated rings. The average Bonchev–Trinajstić information content (AvgIpc) is 3.36. The maximum Gasteiger partial charge on any atom is 0.261 e. The maximum absolute atomic E-state index is 14.5. The number of aliphatic hydroxyl groups excluding tert-OH is 1. The number of rotatable bonds is 11. The van der Waals surface area contributed by atoms with E-state index in [9.17, 15) is 23.5 Å². The summed E-state index contributed by atoms with van der Waals surface area (Å²) in [6.45, 7) is 4.00. The first-order valence-electron chi connectivity index (χ1n) is 17.0. The van der Waals surface area contributed by atoms with Gasteiger partial charge in [-0.3, -0.25) is 14.5 Å². The number of benzene rings is 5. The Labute approximate surface area is 333 Å². The molecule has 0 radical (unpaired) electrons. The molecule has 0 bridgehead atoms. The molecule has 5 aromatic rings. The van der Waals surface area contributed by atoms with Crippen molar-refractivity contribution in [2.24, 2.45) is 5.92 Å². The van der Waals surface area contributed by atoms with Crippen LogP contribution in [0.1, 0.15) is 52.1 Å². The molecule has 0 aromatic heterocycles. The van der Waals surface area contributed by atoms with Gasteiger partial charge in [0.05, 0.1) is 58.1 Å². The van der Waals surface area contributed by atoms with E-state index in [1.807, 2.05) is 0 Å². The van der Waals surface area contributed by atoms with E-state index in [0.29, 0.717) is 76.5 Å². The number of nitrogens with zero attached hydrogens (tertiary/aromatic N) is 1. The van der Waals surface area contributed by atoms with Crippen molar-refractivity contribution < 1.29 is 33.0 Å².